The van der Waals surface area contributed by atoms with Crippen LogP contribution in [0.1, 0.15) is 57.8 Å². The molecule has 0 radical (unpaired) electrons. The maximum absolute atomic E-state index is 12.7. The fourth-order valence-electron chi connectivity index (χ4n) is 10.5. The summed E-state index contributed by atoms with van der Waals surface area (Å²) in [4.78, 5) is 38.8. The zero-order valence-electron chi connectivity index (χ0n) is 29.4. The van der Waals surface area contributed by atoms with E-state index >= 15 is 0 Å². The maximum atomic E-state index is 12.7. The fourth-order valence-corrected chi connectivity index (χ4v) is 10.5. The molecule has 2 atom stereocenters. The van der Waals surface area contributed by atoms with Gasteiger partial charge in [0.2, 0.25) is 5.91 Å². The lowest BCUT2D eigenvalue weighted by Crippen LogP contribution is -2.76. The van der Waals surface area contributed by atoms with E-state index in [0.29, 0.717) is 18.9 Å². The SMILES string of the molecule is Cl.N#CC1CCN(C(=O)CC23CC(n4cnc5cnc6[nH]ccc6c54)(C2)C3)C1.N#CC1CCNC1.NC12CC(n3cnc4cnc5[nH]ccc5c43)(C1)C2. The van der Waals surface area contributed by atoms with Crippen LogP contribution in [0, 0.1) is 39.9 Å². The molecule has 272 valence electrons. The van der Waals surface area contributed by atoms with Crippen molar-refractivity contribution < 1.29 is 4.79 Å². The van der Waals surface area contributed by atoms with E-state index in [0.717, 1.165) is 110 Å². The summed E-state index contributed by atoms with van der Waals surface area (Å²) in [6.07, 6.45) is 20.3. The molecular formula is C38H42ClN13O. The van der Waals surface area contributed by atoms with Crippen LogP contribution in [0.25, 0.3) is 44.1 Å². The van der Waals surface area contributed by atoms with Gasteiger partial charge in [-0.25, -0.2) is 19.9 Å². The number of rotatable bonds is 4. The van der Waals surface area contributed by atoms with Crippen LogP contribution in [0.4, 0.5) is 0 Å². The summed E-state index contributed by atoms with van der Waals surface area (Å²) >= 11 is 0. The number of halogens is 1. The minimum Gasteiger partial charge on any atom is -0.346 e. The first-order valence-electron chi connectivity index (χ1n) is 18.4. The van der Waals surface area contributed by atoms with Gasteiger partial charge in [0, 0.05) is 60.3 Å². The summed E-state index contributed by atoms with van der Waals surface area (Å²) in [5, 5.41) is 22.7. The predicted molar refractivity (Wildman–Crippen MR) is 201 cm³/mol. The number of nitriles is 2. The van der Waals surface area contributed by atoms with Crippen molar-refractivity contribution in [2.24, 2.45) is 23.0 Å². The first kappa shape index (κ1) is 33.8. The van der Waals surface area contributed by atoms with E-state index < -0.39 is 0 Å². The van der Waals surface area contributed by atoms with Gasteiger partial charge in [0.1, 0.15) is 22.3 Å². The lowest BCUT2D eigenvalue weighted by atomic mass is 9.38. The van der Waals surface area contributed by atoms with Gasteiger partial charge >= 0.3 is 0 Å². The summed E-state index contributed by atoms with van der Waals surface area (Å²) in [6.45, 7) is 3.28. The van der Waals surface area contributed by atoms with E-state index in [1.54, 1.807) is 0 Å². The molecule has 0 spiro atoms. The number of hydrogen-bond donors (Lipinski definition) is 4. The number of carbonyl (C=O) groups is 1. The van der Waals surface area contributed by atoms with Crippen molar-refractivity contribution in [3.05, 3.63) is 49.6 Å². The van der Waals surface area contributed by atoms with Crippen LogP contribution in [-0.4, -0.2) is 81.6 Å². The van der Waals surface area contributed by atoms with Crippen LogP contribution in [0.5, 0.6) is 0 Å². The molecule has 14 nitrogen and oxygen atoms in total. The van der Waals surface area contributed by atoms with Crippen LogP contribution in [0.15, 0.2) is 49.6 Å². The molecule has 8 heterocycles. The molecule has 6 aliphatic carbocycles. The van der Waals surface area contributed by atoms with Crippen LogP contribution >= 0.6 is 12.4 Å². The molecule has 2 unspecified atom stereocenters. The second-order valence-electron chi connectivity index (χ2n) is 16.5. The molecule has 53 heavy (non-hydrogen) atoms. The van der Waals surface area contributed by atoms with Gasteiger partial charge in [-0.05, 0) is 75.5 Å². The normalized spacial score (nSPS) is 31.5. The van der Waals surface area contributed by atoms with Gasteiger partial charge in [0.05, 0.1) is 65.6 Å². The van der Waals surface area contributed by atoms with Crippen molar-refractivity contribution in [1.82, 2.24) is 49.3 Å². The van der Waals surface area contributed by atoms with Gasteiger partial charge < -0.3 is 35.1 Å². The second kappa shape index (κ2) is 12.0. The Hall–Kier alpha value is -5.02. The highest BCUT2D eigenvalue weighted by Crippen LogP contribution is 2.73. The Balaban J connectivity index is 0.000000123. The Morgan fingerprint density at radius 2 is 1.40 bits per heavy atom. The average Bonchev–Trinajstić information content (AvgIpc) is 3.94. The Morgan fingerprint density at radius 1 is 0.830 bits per heavy atom. The second-order valence-corrected chi connectivity index (χ2v) is 16.5. The maximum Gasteiger partial charge on any atom is 0.223 e. The quantitative estimate of drug-likeness (QED) is 0.200. The van der Waals surface area contributed by atoms with E-state index in [9.17, 15) is 4.79 Å². The minimum atomic E-state index is 0. The molecule has 0 aromatic carbocycles. The summed E-state index contributed by atoms with van der Waals surface area (Å²) < 4.78 is 4.66. The third-order valence-corrected chi connectivity index (χ3v) is 12.9. The number of nitrogens with one attached hydrogen (secondary N) is 3. The van der Waals surface area contributed by atoms with Gasteiger partial charge in [-0.3, -0.25) is 4.79 Å². The fraction of sp³-hybridized carbons (Fsp3) is 0.500. The van der Waals surface area contributed by atoms with E-state index in [4.69, 9.17) is 16.3 Å². The summed E-state index contributed by atoms with van der Waals surface area (Å²) in [5.41, 5.74) is 12.8. The third kappa shape index (κ3) is 5.14. The lowest BCUT2D eigenvalue weighted by molar-refractivity contribution is -0.194. The van der Waals surface area contributed by atoms with Crippen LogP contribution in [-0.2, 0) is 15.9 Å². The Bertz CT molecular complexity index is 2430. The average molecular weight is 732 g/mol. The van der Waals surface area contributed by atoms with E-state index in [1.165, 1.54) is 5.52 Å². The largest absolute Gasteiger partial charge is 0.346 e. The topological polar surface area (TPSA) is 199 Å². The Labute approximate surface area is 311 Å². The molecule has 6 aromatic heterocycles. The Morgan fingerprint density at radius 3 is 1.87 bits per heavy atom. The molecule has 14 rings (SSSR count). The number of imidazole rings is 2. The number of likely N-dealkylation sites (tertiary alicyclic amines) is 1. The van der Waals surface area contributed by atoms with Crippen LogP contribution in [0.3, 0.4) is 0 Å². The van der Waals surface area contributed by atoms with E-state index in [-0.39, 0.29) is 46.3 Å². The molecule has 6 aromatic rings. The lowest BCUT2D eigenvalue weighted by Gasteiger charge is -2.71. The predicted octanol–water partition coefficient (Wildman–Crippen LogP) is 4.60. The molecule has 1 amide bonds. The number of carbonyl (C=O) groups excluding carboxylic acids is 1. The molecule has 8 fully saturated rings. The number of fused-ring (bicyclic) bond motifs is 6. The minimum absolute atomic E-state index is 0. The third-order valence-electron chi connectivity index (χ3n) is 12.9. The van der Waals surface area contributed by atoms with Crippen molar-refractivity contribution in [3.63, 3.8) is 0 Å². The number of H-pyrrole nitrogens is 2. The number of nitrogens with two attached hydrogens (primary N) is 1. The number of aromatic nitrogens is 8. The van der Waals surface area contributed by atoms with E-state index in [2.05, 4.69) is 68.6 Å². The Kier molecular flexibility index (Phi) is 7.65. The van der Waals surface area contributed by atoms with Gasteiger partial charge in [-0.1, -0.05) is 0 Å². The van der Waals surface area contributed by atoms with E-state index in [1.807, 2.05) is 42.3 Å². The van der Waals surface area contributed by atoms with Crippen molar-refractivity contribution in [2.75, 3.05) is 26.2 Å². The highest BCUT2D eigenvalue weighted by Gasteiger charge is 2.69. The molecule has 8 aliphatic rings. The zero-order valence-corrected chi connectivity index (χ0v) is 30.2. The summed E-state index contributed by atoms with van der Waals surface area (Å²) in [6, 6.07) is 8.63. The number of amides is 1. The van der Waals surface area contributed by atoms with Crippen molar-refractivity contribution in [1.29, 1.82) is 10.5 Å². The number of pyridine rings is 2. The van der Waals surface area contributed by atoms with Crippen LogP contribution < -0.4 is 11.1 Å². The monoisotopic (exact) mass is 731 g/mol. The van der Waals surface area contributed by atoms with Gasteiger partial charge in [0.25, 0.3) is 0 Å². The number of aromatic amines is 2. The van der Waals surface area contributed by atoms with Crippen molar-refractivity contribution in [3.8, 4) is 12.1 Å². The highest BCUT2D eigenvalue weighted by molar-refractivity contribution is 6.02. The first-order chi connectivity index (χ1) is 25.2. The first-order valence-corrected chi connectivity index (χ1v) is 18.4. The summed E-state index contributed by atoms with van der Waals surface area (Å²) in [5.74, 6) is 0.539. The van der Waals surface area contributed by atoms with Gasteiger partial charge in [-0.15, -0.1) is 12.4 Å². The molecule has 15 heteroatoms. The standard InChI is InChI=1S/C20H20N6O.C13H13N5.C5H8N2.ClH/c21-6-13-2-4-25(8-13)16(27)5-19-9-20(10-19,11-19)26-12-24-15-7-23-18-14(17(15)26)1-3-22-18;14-12-4-13(5-12,6-12)18-7-17-9-3-16-11-8(10(9)18)1-2-15-11;6-3-5-1-2-7-4-5;/h1,3,7,12-13H,2,4-5,8-11H2,(H,22,23);1-3,7H,4-6,14H2,(H,15,16);5,7H,1-2,4H2;1H. The highest BCUT2D eigenvalue weighted by atomic mass is 35.5. The molecule has 2 aliphatic heterocycles. The zero-order chi connectivity index (χ0) is 35.3. The molecule has 2 saturated heterocycles. The van der Waals surface area contributed by atoms with Crippen LogP contribution in [0.2, 0.25) is 0 Å². The molecule has 5 N–H and O–H groups in total. The smallest absolute Gasteiger partial charge is 0.223 e. The summed E-state index contributed by atoms with van der Waals surface area (Å²) in [7, 11) is 0. The number of nitrogens with zero attached hydrogens (tertiary/aromatic N) is 9. The molecule has 6 saturated carbocycles. The van der Waals surface area contributed by atoms with Crippen molar-refractivity contribution >= 4 is 62.4 Å². The molecular weight excluding hydrogens is 690 g/mol. The van der Waals surface area contributed by atoms with Crippen molar-refractivity contribution in [2.45, 2.75) is 74.4 Å². The van der Waals surface area contributed by atoms with Gasteiger partial charge in [0.15, 0.2) is 0 Å². The number of hydrogen-bond acceptors (Lipinski definition) is 9. The van der Waals surface area contributed by atoms with Gasteiger partial charge in [-0.2, -0.15) is 10.5 Å². The molecule has 4 bridgehead atoms.